The van der Waals surface area contributed by atoms with Gasteiger partial charge in [-0.25, -0.2) is 4.79 Å². The van der Waals surface area contributed by atoms with Gasteiger partial charge in [0.15, 0.2) is 0 Å². The lowest BCUT2D eigenvalue weighted by molar-refractivity contribution is -0.146. The van der Waals surface area contributed by atoms with Gasteiger partial charge in [-0.3, -0.25) is 9.69 Å². The van der Waals surface area contributed by atoms with Gasteiger partial charge in [-0.1, -0.05) is 0 Å². The third-order valence-electron chi connectivity index (χ3n) is 2.83. The van der Waals surface area contributed by atoms with Crippen molar-refractivity contribution >= 4 is 12.1 Å². The largest absolute Gasteiger partial charge is 0.464 e. The molecule has 0 radical (unpaired) electrons. The van der Waals surface area contributed by atoms with E-state index in [9.17, 15) is 9.59 Å². The number of amides is 1. The number of hydrogen-bond acceptors (Lipinski definition) is 5. The monoisotopic (exact) mass is 245 g/mol. The van der Waals surface area contributed by atoms with Gasteiger partial charge in [0.25, 0.3) is 0 Å². The van der Waals surface area contributed by atoms with Gasteiger partial charge < -0.3 is 14.2 Å². The van der Waals surface area contributed by atoms with Crippen LogP contribution in [0.1, 0.15) is 26.2 Å². The second-order valence-electron chi connectivity index (χ2n) is 3.95. The maximum absolute atomic E-state index is 11.7. The first-order chi connectivity index (χ1) is 8.10. The highest BCUT2D eigenvalue weighted by molar-refractivity contribution is 5.68. The smallest absolute Gasteiger partial charge is 0.411 e. The topological polar surface area (TPSA) is 65.1 Å². The summed E-state index contributed by atoms with van der Waals surface area (Å²) in [6.45, 7) is 1.53. The predicted molar refractivity (Wildman–Crippen MR) is 59.3 cm³/mol. The van der Waals surface area contributed by atoms with Gasteiger partial charge in [0.2, 0.25) is 0 Å². The molecule has 0 aromatic carbocycles. The van der Waals surface area contributed by atoms with Gasteiger partial charge >= 0.3 is 12.1 Å². The standard InChI is InChI=1S/C11H19NO5/c1-8(13)17-7-9-5-4-6-10(15-2)12(9)11(14)16-3/h9-10H,4-7H2,1-3H3/t9-,10?/m0/s1. The van der Waals surface area contributed by atoms with Gasteiger partial charge in [-0.05, 0) is 19.3 Å². The zero-order valence-electron chi connectivity index (χ0n) is 10.5. The van der Waals surface area contributed by atoms with Crippen LogP contribution in [0.4, 0.5) is 4.79 Å². The number of hydrogen-bond donors (Lipinski definition) is 0. The summed E-state index contributed by atoms with van der Waals surface area (Å²) < 4.78 is 14.9. The molecule has 2 atom stereocenters. The Balaban J connectivity index is 2.69. The van der Waals surface area contributed by atoms with E-state index in [2.05, 4.69) is 0 Å². The van der Waals surface area contributed by atoms with Crippen molar-refractivity contribution in [1.82, 2.24) is 4.90 Å². The summed E-state index contributed by atoms with van der Waals surface area (Å²) in [7, 11) is 2.88. The number of nitrogens with zero attached hydrogens (tertiary/aromatic N) is 1. The third-order valence-corrected chi connectivity index (χ3v) is 2.83. The first-order valence-electron chi connectivity index (χ1n) is 5.62. The number of carbonyl (C=O) groups is 2. The maximum Gasteiger partial charge on any atom is 0.411 e. The Morgan fingerprint density at radius 2 is 2.00 bits per heavy atom. The minimum absolute atomic E-state index is 0.176. The van der Waals surface area contributed by atoms with Crippen LogP contribution in [0, 0.1) is 0 Å². The van der Waals surface area contributed by atoms with Crippen LogP contribution in [-0.2, 0) is 19.0 Å². The number of esters is 1. The van der Waals surface area contributed by atoms with Crippen LogP contribution >= 0.6 is 0 Å². The second-order valence-corrected chi connectivity index (χ2v) is 3.95. The molecular formula is C11H19NO5. The lowest BCUT2D eigenvalue weighted by atomic mass is 10.0. The van der Waals surface area contributed by atoms with E-state index in [1.807, 2.05) is 0 Å². The first kappa shape index (κ1) is 13.8. The van der Waals surface area contributed by atoms with E-state index in [1.165, 1.54) is 18.9 Å². The molecular weight excluding hydrogens is 226 g/mol. The van der Waals surface area contributed by atoms with Gasteiger partial charge in [0.05, 0.1) is 13.2 Å². The molecule has 1 amide bonds. The number of methoxy groups -OCH3 is 2. The zero-order chi connectivity index (χ0) is 12.8. The molecule has 0 bridgehead atoms. The molecule has 6 heteroatoms. The number of piperidine rings is 1. The number of rotatable bonds is 3. The summed E-state index contributed by atoms with van der Waals surface area (Å²) in [5.74, 6) is -0.352. The summed E-state index contributed by atoms with van der Waals surface area (Å²) in [4.78, 5) is 24.0. The molecule has 0 N–H and O–H groups in total. The number of ether oxygens (including phenoxy) is 3. The molecule has 17 heavy (non-hydrogen) atoms. The lowest BCUT2D eigenvalue weighted by Crippen LogP contribution is -2.52. The summed E-state index contributed by atoms with van der Waals surface area (Å²) in [6, 6.07) is -0.176. The first-order valence-corrected chi connectivity index (χ1v) is 5.62. The fourth-order valence-corrected chi connectivity index (χ4v) is 2.02. The molecule has 0 aromatic heterocycles. The molecule has 0 aliphatic carbocycles. The van der Waals surface area contributed by atoms with Crippen LogP contribution in [0.25, 0.3) is 0 Å². The van der Waals surface area contributed by atoms with Gasteiger partial charge in [-0.2, -0.15) is 0 Å². The van der Waals surface area contributed by atoms with E-state index < -0.39 is 6.09 Å². The Morgan fingerprint density at radius 1 is 1.29 bits per heavy atom. The molecule has 1 fully saturated rings. The number of likely N-dealkylation sites (tertiary alicyclic amines) is 1. The summed E-state index contributed by atoms with van der Waals surface area (Å²) in [5, 5.41) is 0. The van der Waals surface area contributed by atoms with E-state index in [1.54, 1.807) is 7.11 Å². The SMILES string of the molecule is COC(=O)N1C(OC)CCC[C@H]1COC(C)=O. The minimum atomic E-state index is -0.450. The molecule has 1 rings (SSSR count). The van der Waals surface area contributed by atoms with Crippen LogP contribution in [0.15, 0.2) is 0 Å². The van der Waals surface area contributed by atoms with Crippen molar-refractivity contribution in [3.05, 3.63) is 0 Å². The Kier molecular flexibility index (Phi) is 5.21. The quantitative estimate of drug-likeness (QED) is 0.698. The van der Waals surface area contributed by atoms with Crippen molar-refractivity contribution in [2.75, 3.05) is 20.8 Å². The van der Waals surface area contributed by atoms with Crippen molar-refractivity contribution < 1.29 is 23.8 Å². The molecule has 1 saturated heterocycles. The van der Waals surface area contributed by atoms with E-state index in [0.717, 1.165) is 19.3 Å². The Hall–Kier alpha value is -1.30. The summed E-state index contributed by atoms with van der Waals surface area (Å²) in [5.41, 5.74) is 0. The summed E-state index contributed by atoms with van der Waals surface area (Å²) in [6.07, 6.45) is 1.72. The highest BCUT2D eigenvalue weighted by Gasteiger charge is 2.35. The van der Waals surface area contributed by atoms with Crippen LogP contribution in [0.2, 0.25) is 0 Å². The lowest BCUT2D eigenvalue weighted by Gasteiger charge is -2.39. The molecule has 98 valence electrons. The van der Waals surface area contributed by atoms with Crippen LogP contribution in [-0.4, -0.2) is 50.1 Å². The molecule has 0 spiro atoms. The van der Waals surface area contributed by atoms with Crippen LogP contribution in [0.5, 0.6) is 0 Å². The molecule has 1 heterocycles. The van der Waals surface area contributed by atoms with Crippen molar-refractivity contribution in [2.45, 2.75) is 38.5 Å². The van der Waals surface area contributed by atoms with Crippen molar-refractivity contribution in [3.63, 3.8) is 0 Å². The van der Waals surface area contributed by atoms with Crippen molar-refractivity contribution in [1.29, 1.82) is 0 Å². The molecule has 1 unspecified atom stereocenters. The zero-order valence-corrected chi connectivity index (χ0v) is 10.5. The van der Waals surface area contributed by atoms with Gasteiger partial charge in [0, 0.05) is 14.0 Å². The molecule has 1 aliphatic rings. The van der Waals surface area contributed by atoms with Gasteiger partial charge in [-0.15, -0.1) is 0 Å². The fourth-order valence-electron chi connectivity index (χ4n) is 2.02. The Morgan fingerprint density at radius 3 is 2.53 bits per heavy atom. The van der Waals surface area contributed by atoms with Crippen molar-refractivity contribution in [2.24, 2.45) is 0 Å². The van der Waals surface area contributed by atoms with E-state index in [4.69, 9.17) is 14.2 Å². The second kappa shape index (κ2) is 6.44. The third kappa shape index (κ3) is 3.59. The Bertz CT molecular complexity index is 281. The Labute approximate surface area is 101 Å². The highest BCUT2D eigenvalue weighted by Crippen LogP contribution is 2.24. The van der Waals surface area contributed by atoms with E-state index in [0.29, 0.717) is 0 Å². The summed E-state index contributed by atoms with van der Waals surface area (Å²) >= 11 is 0. The number of carbonyl (C=O) groups excluding carboxylic acids is 2. The minimum Gasteiger partial charge on any atom is -0.464 e. The van der Waals surface area contributed by atoms with E-state index >= 15 is 0 Å². The van der Waals surface area contributed by atoms with Crippen LogP contribution < -0.4 is 0 Å². The average molecular weight is 245 g/mol. The van der Waals surface area contributed by atoms with E-state index in [-0.39, 0.29) is 24.8 Å². The van der Waals surface area contributed by atoms with Crippen LogP contribution in [0.3, 0.4) is 0 Å². The molecule has 6 nitrogen and oxygen atoms in total. The highest BCUT2D eigenvalue weighted by atomic mass is 16.6. The van der Waals surface area contributed by atoms with Crippen molar-refractivity contribution in [3.8, 4) is 0 Å². The molecule has 1 aliphatic heterocycles. The maximum atomic E-state index is 11.7. The molecule has 0 saturated carbocycles. The predicted octanol–water partition coefficient (Wildman–Crippen LogP) is 1.14. The molecule has 0 aromatic rings. The normalized spacial score (nSPS) is 24.3. The fraction of sp³-hybridized carbons (Fsp3) is 0.818. The van der Waals surface area contributed by atoms with Gasteiger partial charge in [0.1, 0.15) is 12.8 Å². The average Bonchev–Trinajstić information content (AvgIpc) is 2.34.